The summed E-state index contributed by atoms with van der Waals surface area (Å²) in [5, 5.41) is 0. The molecule has 0 radical (unpaired) electrons. The van der Waals surface area contributed by atoms with Crippen molar-refractivity contribution < 1.29 is 9.53 Å². The number of carbonyl (C=O) groups is 1. The zero-order valence-corrected chi connectivity index (χ0v) is 11.9. The summed E-state index contributed by atoms with van der Waals surface area (Å²) in [7, 11) is 5.95. The third-order valence-electron chi connectivity index (χ3n) is 4.75. The van der Waals surface area contributed by atoms with Gasteiger partial charge in [0.2, 0.25) is 0 Å². The van der Waals surface area contributed by atoms with Gasteiger partial charge in [0.05, 0.1) is 13.0 Å². The molecular weight excluding hydrogens is 228 g/mol. The maximum Gasteiger partial charge on any atom is 0.308 e. The number of esters is 1. The Hall–Kier alpha value is -0.610. The molecule has 1 aliphatic carbocycles. The first-order valence-electron chi connectivity index (χ1n) is 7.10. The molecular formula is C14H26N2O2. The van der Waals surface area contributed by atoms with Gasteiger partial charge in [-0.3, -0.25) is 9.69 Å². The van der Waals surface area contributed by atoms with Crippen LogP contribution in [0.1, 0.15) is 32.1 Å². The van der Waals surface area contributed by atoms with Crippen LogP contribution in [0.3, 0.4) is 0 Å². The number of nitrogens with zero attached hydrogens (tertiary/aromatic N) is 2. The van der Waals surface area contributed by atoms with E-state index < -0.39 is 0 Å². The fraction of sp³-hybridized carbons (Fsp3) is 0.929. The molecule has 4 nitrogen and oxygen atoms in total. The lowest BCUT2D eigenvalue weighted by Gasteiger charge is -2.37. The van der Waals surface area contributed by atoms with Gasteiger partial charge in [0.25, 0.3) is 0 Å². The lowest BCUT2D eigenvalue weighted by atomic mass is 9.85. The number of likely N-dealkylation sites (N-methyl/N-ethyl adjacent to an activating group) is 2. The van der Waals surface area contributed by atoms with Crippen molar-refractivity contribution in [3.63, 3.8) is 0 Å². The largest absolute Gasteiger partial charge is 0.469 e. The van der Waals surface area contributed by atoms with Gasteiger partial charge in [0.15, 0.2) is 0 Å². The van der Waals surface area contributed by atoms with Crippen LogP contribution in [0.4, 0.5) is 0 Å². The molecule has 1 atom stereocenters. The molecule has 1 aliphatic heterocycles. The van der Waals surface area contributed by atoms with Crippen molar-refractivity contribution in [3.05, 3.63) is 0 Å². The van der Waals surface area contributed by atoms with Crippen molar-refractivity contribution >= 4 is 5.97 Å². The number of methoxy groups -OCH3 is 1. The van der Waals surface area contributed by atoms with E-state index in [4.69, 9.17) is 4.74 Å². The lowest BCUT2D eigenvalue weighted by Crippen LogP contribution is -2.43. The minimum atomic E-state index is -0.0169. The Morgan fingerprint density at radius 1 is 1.17 bits per heavy atom. The highest BCUT2D eigenvalue weighted by Gasteiger charge is 2.32. The van der Waals surface area contributed by atoms with E-state index in [0.717, 1.165) is 25.7 Å². The van der Waals surface area contributed by atoms with Crippen LogP contribution >= 0.6 is 0 Å². The lowest BCUT2D eigenvalue weighted by molar-refractivity contribution is -0.146. The summed E-state index contributed by atoms with van der Waals surface area (Å²) < 4.78 is 4.84. The van der Waals surface area contributed by atoms with Gasteiger partial charge < -0.3 is 9.64 Å². The molecule has 104 valence electrons. The number of likely N-dealkylation sites (tertiary alicyclic amines) is 1. The van der Waals surface area contributed by atoms with Gasteiger partial charge in [-0.1, -0.05) is 0 Å². The predicted molar refractivity (Wildman–Crippen MR) is 71.4 cm³/mol. The van der Waals surface area contributed by atoms with Crippen molar-refractivity contribution in [1.29, 1.82) is 0 Å². The molecule has 0 bridgehead atoms. The Balaban J connectivity index is 1.80. The van der Waals surface area contributed by atoms with E-state index in [9.17, 15) is 4.79 Å². The molecule has 2 aliphatic rings. The predicted octanol–water partition coefficient (Wildman–Crippen LogP) is 1.35. The van der Waals surface area contributed by atoms with Crippen LogP contribution in [-0.4, -0.2) is 62.1 Å². The molecule has 0 aromatic carbocycles. The van der Waals surface area contributed by atoms with E-state index in [-0.39, 0.29) is 11.9 Å². The smallest absolute Gasteiger partial charge is 0.308 e. The van der Waals surface area contributed by atoms with Gasteiger partial charge in [0.1, 0.15) is 0 Å². The number of rotatable bonds is 3. The number of hydrogen-bond donors (Lipinski definition) is 0. The summed E-state index contributed by atoms with van der Waals surface area (Å²) in [5.74, 6) is 0.127. The summed E-state index contributed by atoms with van der Waals surface area (Å²) in [5.41, 5.74) is 0. The van der Waals surface area contributed by atoms with Crippen molar-refractivity contribution in [2.75, 3.05) is 34.3 Å². The minimum absolute atomic E-state index is 0.0169. The summed E-state index contributed by atoms with van der Waals surface area (Å²) in [6, 6.07) is 1.36. The van der Waals surface area contributed by atoms with Crippen LogP contribution in [0.5, 0.6) is 0 Å². The Kier molecular flexibility index (Phi) is 4.62. The van der Waals surface area contributed by atoms with Crippen molar-refractivity contribution in [2.45, 2.75) is 44.2 Å². The zero-order chi connectivity index (χ0) is 13.1. The van der Waals surface area contributed by atoms with Crippen LogP contribution in [0, 0.1) is 5.92 Å². The molecule has 18 heavy (non-hydrogen) atoms. The normalized spacial score (nSPS) is 33.9. The average molecular weight is 254 g/mol. The standard InChI is InChI=1S/C14H26N2O2/c1-15-9-8-13(10-15)16(2)12-6-4-11(5-7-12)14(17)18-3/h11-13H,4-10H2,1-3H3. The Labute approximate surface area is 110 Å². The first kappa shape index (κ1) is 13.8. The van der Waals surface area contributed by atoms with Crippen LogP contribution in [0.2, 0.25) is 0 Å². The number of hydrogen-bond acceptors (Lipinski definition) is 4. The van der Waals surface area contributed by atoms with E-state index in [1.807, 2.05) is 0 Å². The molecule has 0 aromatic heterocycles. The molecule has 0 N–H and O–H groups in total. The molecule has 1 heterocycles. The molecule has 0 amide bonds. The van der Waals surface area contributed by atoms with Crippen LogP contribution in [0.15, 0.2) is 0 Å². The molecule has 1 saturated carbocycles. The van der Waals surface area contributed by atoms with E-state index >= 15 is 0 Å². The summed E-state index contributed by atoms with van der Waals surface area (Å²) in [6.45, 7) is 2.40. The van der Waals surface area contributed by atoms with Crippen molar-refractivity contribution in [3.8, 4) is 0 Å². The molecule has 2 rings (SSSR count). The Morgan fingerprint density at radius 2 is 1.83 bits per heavy atom. The second-order valence-corrected chi connectivity index (χ2v) is 5.90. The van der Waals surface area contributed by atoms with Crippen LogP contribution < -0.4 is 0 Å². The molecule has 1 saturated heterocycles. The van der Waals surface area contributed by atoms with Gasteiger partial charge in [-0.15, -0.1) is 0 Å². The van der Waals surface area contributed by atoms with Crippen molar-refractivity contribution in [2.24, 2.45) is 5.92 Å². The average Bonchev–Trinajstić information content (AvgIpc) is 2.84. The molecule has 4 heteroatoms. The maximum absolute atomic E-state index is 11.5. The topological polar surface area (TPSA) is 32.8 Å². The molecule has 2 fully saturated rings. The molecule has 1 unspecified atom stereocenters. The van der Waals surface area contributed by atoms with E-state index in [0.29, 0.717) is 12.1 Å². The fourth-order valence-corrected chi connectivity index (χ4v) is 3.43. The van der Waals surface area contributed by atoms with E-state index in [1.165, 1.54) is 26.6 Å². The molecule has 0 aromatic rings. The summed E-state index contributed by atoms with van der Waals surface area (Å²) in [6.07, 6.45) is 5.53. The Bertz CT molecular complexity index is 288. The highest BCUT2D eigenvalue weighted by molar-refractivity contribution is 5.72. The second kappa shape index (κ2) is 6.02. The molecule has 0 spiro atoms. The highest BCUT2D eigenvalue weighted by Crippen LogP contribution is 2.30. The highest BCUT2D eigenvalue weighted by atomic mass is 16.5. The van der Waals surface area contributed by atoms with Gasteiger partial charge in [0, 0.05) is 18.6 Å². The second-order valence-electron chi connectivity index (χ2n) is 5.90. The third kappa shape index (κ3) is 3.04. The van der Waals surface area contributed by atoms with E-state index in [1.54, 1.807) is 0 Å². The number of ether oxygens (including phenoxy) is 1. The number of carbonyl (C=O) groups excluding carboxylic acids is 1. The first-order valence-corrected chi connectivity index (χ1v) is 7.10. The zero-order valence-electron chi connectivity index (χ0n) is 11.9. The van der Waals surface area contributed by atoms with Gasteiger partial charge >= 0.3 is 5.97 Å². The van der Waals surface area contributed by atoms with Gasteiger partial charge in [-0.05, 0) is 52.7 Å². The SMILES string of the molecule is COC(=O)C1CCC(N(C)C2CCN(C)C2)CC1. The van der Waals surface area contributed by atoms with Gasteiger partial charge in [-0.25, -0.2) is 0 Å². The fourth-order valence-electron chi connectivity index (χ4n) is 3.43. The van der Waals surface area contributed by atoms with E-state index in [2.05, 4.69) is 23.9 Å². The van der Waals surface area contributed by atoms with Crippen molar-refractivity contribution in [1.82, 2.24) is 9.80 Å². The third-order valence-corrected chi connectivity index (χ3v) is 4.75. The monoisotopic (exact) mass is 254 g/mol. The van der Waals surface area contributed by atoms with Crippen LogP contribution in [0.25, 0.3) is 0 Å². The maximum atomic E-state index is 11.5. The minimum Gasteiger partial charge on any atom is -0.469 e. The van der Waals surface area contributed by atoms with Crippen LogP contribution in [-0.2, 0) is 9.53 Å². The van der Waals surface area contributed by atoms with Gasteiger partial charge in [-0.2, -0.15) is 0 Å². The Morgan fingerprint density at radius 3 is 2.33 bits per heavy atom. The first-order chi connectivity index (χ1) is 8.61. The summed E-state index contributed by atoms with van der Waals surface area (Å²) >= 11 is 0. The quantitative estimate of drug-likeness (QED) is 0.712. The summed E-state index contributed by atoms with van der Waals surface area (Å²) in [4.78, 5) is 16.5.